The predicted molar refractivity (Wildman–Crippen MR) is 65.4 cm³/mol. The molecule has 0 aliphatic rings. The Morgan fingerprint density at radius 1 is 1.22 bits per heavy atom. The molecule has 0 unspecified atom stereocenters. The van der Waals surface area contributed by atoms with Crippen LogP contribution in [-0.4, -0.2) is 27.1 Å². The number of nitrogens with one attached hydrogen (secondary N) is 1. The summed E-state index contributed by atoms with van der Waals surface area (Å²) in [4.78, 5) is 25.3. The van der Waals surface area contributed by atoms with Crippen LogP contribution in [0.5, 0.6) is 0 Å². The van der Waals surface area contributed by atoms with Crippen LogP contribution in [0.15, 0.2) is 30.5 Å². The summed E-state index contributed by atoms with van der Waals surface area (Å²) < 4.78 is 0. The third-order valence-electron chi connectivity index (χ3n) is 3.16. The van der Waals surface area contributed by atoms with Gasteiger partial charge in [-0.15, -0.1) is 0 Å². The van der Waals surface area contributed by atoms with Gasteiger partial charge in [-0.1, -0.05) is 18.2 Å². The van der Waals surface area contributed by atoms with Crippen LogP contribution in [0.1, 0.15) is 12.5 Å². The fourth-order valence-electron chi connectivity index (χ4n) is 1.90. The summed E-state index contributed by atoms with van der Waals surface area (Å²) in [6.07, 6.45) is 1.61. The number of aromatic amines is 1. The summed E-state index contributed by atoms with van der Waals surface area (Å²) in [6, 6.07) is 7.39. The van der Waals surface area contributed by atoms with Gasteiger partial charge in [-0.2, -0.15) is 0 Å². The van der Waals surface area contributed by atoms with Crippen LogP contribution in [0.25, 0.3) is 10.9 Å². The third-order valence-corrected chi connectivity index (χ3v) is 3.16. The lowest BCUT2D eigenvalue weighted by molar-refractivity contribution is -0.163. The van der Waals surface area contributed by atoms with Gasteiger partial charge < -0.3 is 15.2 Å². The summed E-state index contributed by atoms with van der Waals surface area (Å²) in [6.45, 7) is 1.22. The molecular weight excluding hydrogens is 234 g/mol. The molecular formula is C13H13NO4. The van der Waals surface area contributed by atoms with Gasteiger partial charge in [0.15, 0.2) is 5.41 Å². The van der Waals surface area contributed by atoms with Gasteiger partial charge in [0, 0.05) is 23.5 Å². The Labute approximate surface area is 103 Å². The third kappa shape index (κ3) is 1.84. The first-order valence-corrected chi connectivity index (χ1v) is 5.47. The van der Waals surface area contributed by atoms with Gasteiger partial charge in [-0.25, -0.2) is 0 Å². The maximum atomic E-state index is 11.1. The number of hydrogen-bond acceptors (Lipinski definition) is 2. The lowest BCUT2D eigenvalue weighted by Gasteiger charge is -2.18. The van der Waals surface area contributed by atoms with Crippen molar-refractivity contribution < 1.29 is 19.8 Å². The van der Waals surface area contributed by atoms with E-state index in [1.54, 1.807) is 6.20 Å². The van der Waals surface area contributed by atoms with Crippen molar-refractivity contribution in [3.05, 3.63) is 36.0 Å². The quantitative estimate of drug-likeness (QED) is 0.719. The standard InChI is InChI=1S/C13H13NO4/c1-13(11(15)16,12(17)18)6-8-7-14-10-5-3-2-4-9(8)10/h2-5,7,14H,6H2,1H3,(H,15,16)(H,17,18). The molecule has 94 valence electrons. The molecule has 0 bridgehead atoms. The second-order valence-corrected chi connectivity index (χ2v) is 4.48. The highest BCUT2D eigenvalue weighted by Crippen LogP contribution is 2.28. The molecule has 5 heteroatoms. The molecule has 3 N–H and O–H groups in total. The maximum absolute atomic E-state index is 11.1. The lowest BCUT2D eigenvalue weighted by atomic mass is 9.84. The van der Waals surface area contributed by atoms with Crippen molar-refractivity contribution in [2.45, 2.75) is 13.3 Å². The number of hydrogen-bond donors (Lipinski definition) is 3. The number of aromatic nitrogens is 1. The van der Waals surface area contributed by atoms with Crippen molar-refractivity contribution in [1.82, 2.24) is 4.98 Å². The number of carboxylic acid groups (broad SMARTS) is 2. The van der Waals surface area contributed by atoms with E-state index in [1.807, 2.05) is 24.3 Å². The Morgan fingerprint density at radius 3 is 2.44 bits per heavy atom. The van der Waals surface area contributed by atoms with E-state index in [2.05, 4.69) is 4.98 Å². The van der Waals surface area contributed by atoms with Crippen LogP contribution < -0.4 is 0 Å². The highest BCUT2D eigenvalue weighted by molar-refractivity contribution is 5.98. The Hall–Kier alpha value is -2.30. The van der Waals surface area contributed by atoms with Gasteiger partial charge in [0.2, 0.25) is 0 Å². The largest absolute Gasteiger partial charge is 0.480 e. The van der Waals surface area contributed by atoms with Gasteiger partial charge in [0.05, 0.1) is 0 Å². The molecule has 2 aromatic rings. The second-order valence-electron chi connectivity index (χ2n) is 4.48. The molecule has 1 aromatic heterocycles. The SMILES string of the molecule is CC(Cc1c[nH]c2ccccc12)(C(=O)O)C(=O)O. The number of carbonyl (C=O) groups is 2. The van der Waals surface area contributed by atoms with Crippen LogP contribution >= 0.6 is 0 Å². The summed E-state index contributed by atoms with van der Waals surface area (Å²) in [5.41, 5.74) is -0.256. The van der Waals surface area contributed by atoms with E-state index in [0.717, 1.165) is 10.9 Å². The molecule has 0 aliphatic carbocycles. The van der Waals surface area contributed by atoms with Crippen molar-refractivity contribution in [3.63, 3.8) is 0 Å². The highest BCUT2D eigenvalue weighted by atomic mass is 16.4. The number of aliphatic carboxylic acids is 2. The Kier molecular flexibility index (Phi) is 2.82. The second kappa shape index (κ2) is 4.18. The summed E-state index contributed by atoms with van der Waals surface area (Å²) in [7, 11) is 0. The average Bonchev–Trinajstić information content (AvgIpc) is 2.72. The number of para-hydroxylation sites is 1. The van der Waals surface area contributed by atoms with Gasteiger partial charge in [-0.3, -0.25) is 9.59 Å². The smallest absolute Gasteiger partial charge is 0.321 e. The molecule has 0 amide bonds. The highest BCUT2D eigenvalue weighted by Gasteiger charge is 2.42. The lowest BCUT2D eigenvalue weighted by Crippen LogP contribution is -2.38. The molecule has 0 aliphatic heterocycles. The molecule has 0 saturated heterocycles. The van der Waals surface area contributed by atoms with E-state index in [-0.39, 0.29) is 6.42 Å². The minimum atomic E-state index is -1.81. The topological polar surface area (TPSA) is 90.4 Å². The van der Waals surface area contributed by atoms with Crippen LogP contribution in [-0.2, 0) is 16.0 Å². The molecule has 1 aromatic carbocycles. The van der Waals surface area contributed by atoms with Gasteiger partial charge in [-0.05, 0) is 18.6 Å². The number of H-pyrrole nitrogens is 1. The normalized spacial score (nSPS) is 11.6. The first-order valence-electron chi connectivity index (χ1n) is 5.47. The predicted octanol–water partition coefficient (Wildman–Crippen LogP) is 1.89. The Balaban J connectivity index is 2.44. The van der Waals surface area contributed by atoms with Gasteiger partial charge in [0.25, 0.3) is 0 Å². The number of rotatable bonds is 4. The van der Waals surface area contributed by atoms with Crippen LogP contribution in [0, 0.1) is 5.41 Å². The molecule has 1 heterocycles. The first kappa shape index (κ1) is 12.2. The molecule has 0 fully saturated rings. The fourth-order valence-corrected chi connectivity index (χ4v) is 1.90. The van der Waals surface area contributed by atoms with Crippen LogP contribution in [0.3, 0.4) is 0 Å². The summed E-state index contributed by atoms with van der Waals surface area (Å²) >= 11 is 0. The summed E-state index contributed by atoms with van der Waals surface area (Å²) in [5, 5.41) is 19.0. The molecule has 0 radical (unpaired) electrons. The van der Waals surface area contributed by atoms with E-state index < -0.39 is 17.4 Å². The maximum Gasteiger partial charge on any atom is 0.321 e. The number of fused-ring (bicyclic) bond motifs is 1. The molecule has 0 saturated carbocycles. The van der Waals surface area contributed by atoms with Crippen molar-refractivity contribution in [3.8, 4) is 0 Å². The van der Waals surface area contributed by atoms with Crippen LogP contribution in [0.2, 0.25) is 0 Å². The van der Waals surface area contributed by atoms with Gasteiger partial charge >= 0.3 is 11.9 Å². The van der Waals surface area contributed by atoms with E-state index in [0.29, 0.717) is 5.56 Å². The van der Waals surface area contributed by atoms with Crippen LogP contribution in [0.4, 0.5) is 0 Å². The van der Waals surface area contributed by atoms with E-state index in [4.69, 9.17) is 10.2 Å². The van der Waals surface area contributed by atoms with E-state index in [1.165, 1.54) is 6.92 Å². The number of benzene rings is 1. The zero-order valence-corrected chi connectivity index (χ0v) is 9.80. The van der Waals surface area contributed by atoms with Gasteiger partial charge in [0.1, 0.15) is 0 Å². The zero-order chi connectivity index (χ0) is 13.3. The molecule has 2 rings (SSSR count). The molecule has 0 atom stereocenters. The van der Waals surface area contributed by atoms with E-state index in [9.17, 15) is 9.59 Å². The average molecular weight is 247 g/mol. The van der Waals surface area contributed by atoms with Crippen molar-refractivity contribution in [1.29, 1.82) is 0 Å². The molecule has 5 nitrogen and oxygen atoms in total. The first-order chi connectivity index (χ1) is 8.45. The minimum absolute atomic E-state index is 0.0539. The minimum Gasteiger partial charge on any atom is -0.480 e. The monoisotopic (exact) mass is 247 g/mol. The van der Waals surface area contributed by atoms with Crippen molar-refractivity contribution >= 4 is 22.8 Å². The Bertz CT molecular complexity index is 600. The summed E-state index contributed by atoms with van der Waals surface area (Å²) in [5.74, 6) is -2.67. The Morgan fingerprint density at radius 2 is 1.83 bits per heavy atom. The molecule has 18 heavy (non-hydrogen) atoms. The molecule has 0 spiro atoms. The number of carboxylic acids is 2. The van der Waals surface area contributed by atoms with Crippen molar-refractivity contribution in [2.24, 2.45) is 5.41 Å². The fraction of sp³-hybridized carbons (Fsp3) is 0.231. The zero-order valence-electron chi connectivity index (χ0n) is 9.80. The van der Waals surface area contributed by atoms with Crippen molar-refractivity contribution in [2.75, 3.05) is 0 Å². The van der Waals surface area contributed by atoms with E-state index >= 15 is 0 Å².